The van der Waals surface area contributed by atoms with Gasteiger partial charge in [-0.3, -0.25) is 0 Å². The van der Waals surface area contributed by atoms with E-state index in [0.29, 0.717) is 24.6 Å². The van der Waals surface area contributed by atoms with E-state index in [1.165, 1.54) is 0 Å². The van der Waals surface area contributed by atoms with E-state index in [4.69, 9.17) is 10.5 Å². The zero-order chi connectivity index (χ0) is 13.8. The predicted molar refractivity (Wildman–Crippen MR) is 76.6 cm³/mol. The maximum absolute atomic E-state index is 5.96. The van der Waals surface area contributed by atoms with Gasteiger partial charge in [0.15, 0.2) is 0 Å². The molecule has 2 rings (SSSR count). The summed E-state index contributed by atoms with van der Waals surface area (Å²) in [5.41, 5.74) is 5.96. The van der Waals surface area contributed by atoms with Crippen molar-refractivity contribution in [2.45, 2.75) is 51.6 Å². The number of nitrogens with zero attached hydrogens (tertiary/aromatic N) is 3. The number of ether oxygens (including phenoxy) is 1. The summed E-state index contributed by atoms with van der Waals surface area (Å²) in [6.07, 6.45) is 4.45. The van der Waals surface area contributed by atoms with Gasteiger partial charge in [-0.25, -0.2) is 4.98 Å². The number of nitrogens with two attached hydrogens (primary N) is 1. The third kappa shape index (κ3) is 3.56. The van der Waals surface area contributed by atoms with Gasteiger partial charge in [-0.05, 0) is 39.5 Å². The number of aryl methyl sites for hydroxylation is 1. The minimum absolute atomic E-state index is 0.371. The predicted octanol–water partition coefficient (Wildman–Crippen LogP) is 1.89. The molecule has 1 saturated carbocycles. The smallest absolute Gasteiger partial charge is 0.218 e. The summed E-state index contributed by atoms with van der Waals surface area (Å²) in [6.45, 7) is 4.48. The molecule has 2 N–H and O–H groups in total. The lowest BCUT2D eigenvalue weighted by Crippen LogP contribution is -2.39. The Bertz CT molecular complexity index is 416. The Morgan fingerprint density at radius 3 is 2.63 bits per heavy atom. The van der Waals surface area contributed by atoms with Crippen LogP contribution < -0.4 is 15.4 Å². The summed E-state index contributed by atoms with van der Waals surface area (Å²) >= 11 is 0. The highest BCUT2D eigenvalue weighted by Gasteiger charge is 2.23. The number of anilines is 1. The molecule has 0 aliphatic heterocycles. The van der Waals surface area contributed by atoms with Gasteiger partial charge in [0.1, 0.15) is 11.6 Å². The number of hydrogen-bond acceptors (Lipinski definition) is 5. The Kier molecular flexibility index (Phi) is 4.58. The second kappa shape index (κ2) is 6.19. The first-order chi connectivity index (χ1) is 9.10. The summed E-state index contributed by atoms with van der Waals surface area (Å²) in [5, 5.41) is 0. The van der Waals surface area contributed by atoms with Crippen molar-refractivity contribution >= 4 is 5.82 Å². The molecule has 1 fully saturated rings. The van der Waals surface area contributed by atoms with E-state index in [9.17, 15) is 0 Å². The minimum atomic E-state index is 0.371. The van der Waals surface area contributed by atoms with Crippen molar-refractivity contribution in [1.29, 1.82) is 0 Å². The zero-order valence-corrected chi connectivity index (χ0v) is 12.1. The topological polar surface area (TPSA) is 64.3 Å². The minimum Gasteiger partial charge on any atom is -0.478 e. The van der Waals surface area contributed by atoms with Crippen molar-refractivity contribution in [3.63, 3.8) is 0 Å². The van der Waals surface area contributed by atoms with Gasteiger partial charge in [0.2, 0.25) is 5.88 Å². The van der Waals surface area contributed by atoms with E-state index in [1.54, 1.807) is 0 Å². The van der Waals surface area contributed by atoms with E-state index < -0.39 is 0 Å². The molecule has 1 aromatic heterocycles. The van der Waals surface area contributed by atoms with Crippen LogP contribution in [0.4, 0.5) is 5.82 Å². The molecule has 0 saturated heterocycles. The van der Waals surface area contributed by atoms with E-state index in [-0.39, 0.29) is 0 Å². The summed E-state index contributed by atoms with van der Waals surface area (Å²) < 4.78 is 5.48. The SMILES string of the molecule is CCOc1cc(N(C)C2CCC(N)CC2)nc(C)n1. The summed E-state index contributed by atoms with van der Waals surface area (Å²) in [5.74, 6) is 2.35. The quantitative estimate of drug-likeness (QED) is 0.899. The monoisotopic (exact) mass is 264 g/mol. The largest absolute Gasteiger partial charge is 0.478 e. The van der Waals surface area contributed by atoms with Crippen molar-refractivity contribution in [3.05, 3.63) is 11.9 Å². The third-order valence-electron chi connectivity index (χ3n) is 3.74. The van der Waals surface area contributed by atoms with E-state index >= 15 is 0 Å². The Balaban J connectivity index is 2.11. The molecule has 0 spiro atoms. The van der Waals surface area contributed by atoms with Crippen LogP contribution in [0.15, 0.2) is 6.07 Å². The van der Waals surface area contributed by atoms with Gasteiger partial charge in [0.05, 0.1) is 6.61 Å². The molecule has 1 aliphatic rings. The maximum Gasteiger partial charge on any atom is 0.218 e. The van der Waals surface area contributed by atoms with Crippen molar-refractivity contribution in [1.82, 2.24) is 9.97 Å². The molecule has 106 valence electrons. The van der Waals surface area contributed by atoms with Crippen LogP contribution >= 0.6 is 0 Å². The Morgan fingerprint density at radius 2 is 2.00 bits per heavy atom. The van der Waals surface area contributed by atoms with E-state index in [1.807, 2.05) is 19.9 Å². The van der Waals surface area contributed by atoms with E-state index in [2.05, 4.69) is 21.9 Å². The van der Waals surface area contributed by atoms with Crippen LogP contribution in [0.25, 0.3) is 0 Å². The van der Waals surface area contributed by atoms with Gasteiger partial charge in [0, 0.05) is 25.2 Å². The fourth-order valence-electron chi connectivity index (χ4n) is 2.60. The van der Waals surface area contributed by atoms with Crippen LogP contribution in [0.1, 0.15) is 38.4 Å². The van der Waals surface area contributed by atoms with Gasteiger partial charge in [0.25, 0.3) is 0 Å². The molecular formula is C14H24N4O. The molecule has 0 bridgehead atoms. The second-order valence-electron chi connectivity index (χ2n) is 5.22. The van der Waals surface area contributed by atoms with Gasteiger partial charge < -0.3 is 15.4 Å². The molecule has 0 amide bonds. The van der Waals surface area contributed by atoms with E-state index in [0.717, 1.165) is 37.3 Å². The molecule has 0 atom stereocenters. The molecule has 5 heteroatoms. The Morgan fingerprint density at radius 1 is 1.32 bits per heavy atom. The maximum atomic E-state index is 5.96. The highest BCUT2D eigenvalue weighted by atomic mass is 16.5. The lowest BCUT2D eigenvalue weighted by atomic mass is 9.91. The van der Waals surface area contributed by atoms with Gasteiger partial charge >= 0.3 is 0 Å². The van der Waals surface area contributed by atoms with Crippen LogP contribution in [0.2, 0.25) is 0 Å². The van der Waals surface area contributed by atoms with Crippen molar-refractivity contribution in [2.75, 3.05) is 18.6 Å². The van der Waals surface area contributed by atoms with Gasteiger partial charge in [-0.2, -0.15) is 4.98 Å². The molecule has 0 radical (unpaired) electrons. The fourth-order valence-corrected chi connectivity index (χ4v) is 2.60. The second-order valence-corrected chi connectivity index (χ2v) is 5.22. The lowest BCUT2D eigenvalue weighted by molar-refractivity contribution is 0.325. The van der Waals surface area contributed by atoms with Crippen LogP contribution in [0.5, 0.6) is 5.88 Å². The molecule has 5 nitrogen and oxygen atoms in total. The van der Waals surface area contributed by atoms with Crippen molar-refractivity contribution in [3.8, 4) is 5.88 Å². The molecule has 0 unspecified atom stereocenters. The molecule has 1 heterocycles. The summed E-state index contributed by atoms with van der Waals surface area (Å²) in [6, 6.07) is 2.81. The third-order valence-corrected chi connectivity index (χ3v) is 3.74. The first kappa shape index (κ1) is 14.1. The van der Waals surface area contributed by atoms with Crippen LogP contribution in [0.3, 0.4) is 0 Å². The Hall–Kier alpha value is -1.36. The molecule has 1 aromatic rings. The molecule has 1 aliphatic carbocycles. The van der Waals surface area contributed by atoms with Crippen molar-refractivity contribution in [2.24, 2.45) is 5.73 Å². The standard InChI is InChI=1S/C14H24N4O/c1-4-19-14-9-13(16-10(2)17-14)18(3)12-7-5-11(15)6-8-12/h9,11-12H,4-8,15H2,1-3H3. The molecule has 19 heavy (non-hydrogen) atoms. The number of hydrogen-bond donors (Lipinski definition) is 1. The molecule has 0 aromatic carbocycles. The number of aromatic nitrogens is 2. The number of rotatable bonds is 4. The summed E-state index contributed by atoms with van der Waals surface area (Å²) in [7, 11) is 2.10. The highest BCUT2D eigenvalue weighted by Crippen LogP contribution is 2.26. The van der Waals surface area contributed by atoms with Crippen LogP contribution in [-0.2, 0) is 0 Å². The average Bonchev–Trinajstić information content (AvgIpc) is 2.38. The Labute approximate surface area is 115 Å². The normalized spacial score (nSPS) is 23.2. The van der Waals surface area contributed by atoms with Gasteiger partial charge in [-0.15, -0.1) is 0 Å². The first-order valence-corrected chi connectivity index (χ1v) is 7.07. The summed E-state index contributed by atoms with van der Waals surface area (Å²) in [4.78, 5) is 11.0. The fraction of sp³-hybridized carbons (Fsp3) is 0.714. The first-order valence-electron chi connectivity index (χ1n) is 7.07. The van der Waals surface area contributed by atoms with Gasteiger partial charge in [-0.1, -0.05) is 0 Å². The van der Waals surface area contributed by atoms with Crippen molar-refractivity contribution < 1.29 is 4.74 Å². The van der Waals surface area contributed by atoms with Crippen LogP contribution in [-0.4, -0.2) is 35.7 Å². The molecular weight excluding hydrogens is 240 g/mol. The highest BCUT2D eigenvalue weighted by molar-refractivity contribution is 5.42. The average molecular weight is 264 g/mol. The zero-order valence-electron chi connectivity index (χ0n) is 12.1. The lowest BCUT2D eigenvalue weighted by Gasteiger charge is -2.34. The van der Waals surface area contributed by atoms with Crippen LogP contribution in [0, 0.1) is 6.92 Å².